The molecular weight excluding hydrogens is 205 g/mol. The molecule has 2 unspecified atom stereocenters. The van der Waals surface area contributed by atoms with Gasteiger partial charge in [-0.3, -0.25) is 4.21 Å². The molecule has 0 amide bonds. The van der Waals surface area contributed by atoms with Crippen molar-refractivity contribution >= 4 is 11.1 Å². The van der Waals surface area contributed by atoms with Gasteiger partial charge in [-0.05, 0) is 17.5 Å². The van der Waals surface area contributed by atoms with Crippen molar-refractivity contribution < 1.29 is 21.9 Å². The summed E-state index contributed by atoms with van der Waals surface area (Å²) in [6.07, 6.45) is -1.67. The zero-order valence-corrected chi connectivity index (χ0v) is 7.19. The van der Waals surface area contributed by atoms with Gasteiger partial charge < -0.3 is 4.55 Å². The second-order valence-electron chi connectivity index (χ2n) is 2.58. The minimum atomic E-state index is -4.43. The van der Waals surface area contributed by atoms with Crippen LogP contribution in [0.2, 0.25) is 0 Å². The fourth-order valence-corrected chi connectivity index (χ4v) is 1.53. The molecule has 1 aliphatic rings. The van der Waals surface area contributed by atoms with Gasteiger partial charge in [0, 0.05) is 10.8 Å². The molecule has 1 rings (SSSR count). The van der Waals surface area contributed by atoms with Crippen LogP contribution in [-0.2, 0) is 11.1 Å². The van der Waals surface area contributed by atoms with Crippen LogP contribution in [0.3, 0.4) is 0 Å². The summed E-state index contributed by atoms with van der Waals surface area (Å²) in [6.45, 7) is 0. The Kier molecular flexibility index (Phi) is 2.92. The van der Waals surface area contributed by atoms with Gasteiger partial charge in [0.2, 0.25) is 0 Å². The Morgan fingerprint density at radius 1 is 1.54 bits per heavy atom. The molecule has 0 heterocycles. The van der Waals surface area contributed by atoms with Crippen LogP contribution in [0.25, 0.3) is 0 Å². The Morgan fingerprint density at radius 2 is 2.15 bits per heavy atom. The molecule has 0 fully saturated rings. The summed E-state index contributed by atoms with van der Waals surface area (Å²) >= 11 is -2.49. The van der Waals surface area contributed by atoms with E-state index in [9.17, 15) is 21.9 Å². The Balaban J connectivity index is 2.78. The van der Waals surface area contributed by atoms with Crippen molar-refractivity contribution in [3.8, 4) is 0 Å². The molecule has 6 heteroatoms. The number of halogens is 3. The van der Waals surface area contributed by atoms with Crippen molar-refractivity contribution in [3.63, 3.8) is 0 Å². The second-order valence-corrected chi connectivity index (χ2v) is 3.70. The highest BCUT2D eigenvalue weighted by Gasteiger charge is 2.35. The van der Waals surface area contributed by atoms with Crippen LogP contribution < -0.4 is 0 Å². The smallest absolute Gasteiger partial charge is 0.412 e. The first kappa shape index (κ1) is 10.5. The first-order valence-corrected chi connectivity index (χ1v) is 4.57. The summed E-state index contributed by atoms with van der Waals surface area (Å²) < 4.78 is 57.0. The number of alkyl halides is 3. The second kappa shape index (κ2) is 3.63. The third-order valence-electron chi connectivity index (χ3n) is 1.66. The third-order valence-corrected chi connectivity index (χ3v) is 2.47. The summed E-state index contributed by atoms with van der Waals surface area (Å²) in [5.41, 5.74) is -0.802. The Hall–Kier alpha value is -0.620. The summed E-state index contributed by atoms with van der Waals surface area (Å²) in [4.78, 5) is 0. The molecule has 0 N–H and O–H groups in total. The Morgan fingerprint density at radius 3 is 2.62 bits per heavy atom. The Labute approximate surface area is 75.4 Å². The summed E-state index contributed by atoms with van der Waals surface area (Å²) in [7, 11) is 0. The normalized spacial score (nSPS) is 25.5. The monoisotopic (exact) mass is 211 g/mol. The van der Waals surface area contributed by atoms with Crippen LogP contribution in [0, 0.1) is 0 Å². The minimum absolute atomic E-state index is 0.490. The van der Waals surface area contributed by atoms with Gasteiger partial charge in [-0.15, -0.1) is 0 Å². The van der Waals surface area contributed by atoms with E-state index in [1.807, 2.05) is 0 Å². The third kappa shape index (κ3) is 2.67. The maximum absolute atomic E-state index is 12.1. The molecule has 0 aromatic rings. The SMILES string of the molecule is O=S([O-])C1C=CC=C(C(F)(F)F)C1. The summed E-state index contributed by atoms with van der Waals surface area (Å²) in [5.74, 6) is 0. The molecule has 74 valence electrons. The van der Waals surface area contributed by atoms with Crippen molar-refractivity contribution in [2.45, 2.75) is 17.8 Å². The topological polar surface area (TPSA) is 40.1 Å². The largest absolute Gasteiger partial charge is 0.772 e. The first-order chi connectivity index (χ1) is 5.91. The van der Waals surface area contributed by atoms with Gasteiger partial charge in [0.25, 0.3) is 0 Å². The zero-order valence-electron chi connectivity index (χ0n) is 6.38. The molecule has 13 heavy (non-hydrogen) atoms. The van der Waals surface area contributed by atoms with Crippen LogP contribution >= 0.6 is 0 Å². The first-order valence-electron chi connectivity index (χ1n) is 3.44. The lowest BCUT2D eigenvalue weighted by molar-refractivity contribution is -0.0939. The molecule has 0 radical (unpaired) electrons. The molecule has 0 bridgehead atoms. The van der Waals surface area contributed by atoms with Crippen LogP contribution in [-0.4, -0.2) is 20.2 Å². The molecule has 0 saturated carbocycles. The van der Waals surface area contributed by atoms with Crippen molar-refractivity contribution in [3.05, 3.63) is 23.8 Å². The number of hydrogen-bond donors (Lipinski definition) is 0. The fourth-order valence-electron chi connectivity index (χ4n) is 0.991. The van der Waals surface area contributed by atoms with Gasteiger partial charge in [-0.2, -0.15) is 13.2 Å². The lowest BCUT2D eigenvalue weighted by atomic mass is 10.0. The number of hydrogen-bond acceptors (Lipinski definition) is 2. The van der Waals surface area contributed by atoms with Crippen LogP contribution in [0.1, 0.15) is 6.42 Å². The number of allylic oxidation sites excluding steroid dienone is 3. The van der Waals surface area contributed by atoms with E-state index in [2.05, 4.69) is 0 Å². The van der Waals surface area contributed by atoms with Gasteiger partial charge in [0.15, 0.2) is 0 Å². The molecular formula is C7H6F3O2S-. The maximum atomic E-state index is 12.1. The standard InChI is InChI=1S/C7H7F3O2S/c8-7(9,10)5-2-1-3-6(4-5)13(11)12/h1-3,6H,4H2,(H,11,12)/p-1. The van der Waals surface area contributed by atoms with Crippen molar-refractivity contribution in [1.82, 2.24) is 0 Å². The quantitative estimate of drug-likeness (QED) is 0.619. The lowest BCUT2D eigenvalue weighted by Gasteiger charge is -2.21. The van der Waals surface area contributed by atoms with E-state index in [0.717, 1.165) is 12.2 Å². The number of rotatable bonds is 1. The van der Waals surface area contributed by atoms with Gasteiger partial charge in [-0.1, -0.05) is 18.2 Å². The maximum Gasteiger partial charge on any atom is 0.412 e. The van der Waals surface area contributed by atoms with E-state index in [0.29, 0.717) is 0 Å². The van der Waals surface area contributed by atoms with Crippen molar-refractivity contribution in [2.75, 3.05) is 0 Å². The average Bonchev–Trinajstić information content (AvgIpc) is 2.03. The molecule has 0 spiro atoms. The van der Waals surface area contributed by atoms with Crippen LogP contribution in [0.15, 0.2) is 23.8 Å². The lowest BCUT2D eigenvalue weighted by Crippen LogP contribution is -2.22. The van der Waals surface area contributed by atoms with E-state index in [4.69, 9.17) is 0 Å². The predicted octanol–water partition coefficient (Wildman–Crippen LogP) is 1.68. The predicted molar refractivity (Wildman–Crippen MR) is 40.6 cm³/mol. The van der Waals surface area contributed by atoms with Gasteiger partial charge in [0.1, 0.15) is 0 Å². The van der Waals surface area contributed by atoms with E-state index >= 15 is 0 Å². The highest BCUT2D eigenvalue weighted by molar-refractivity contribution is 7.80. The van der Waals surface area contributed by atoms with Gasteiger partial charge >= 0.3 is 6.18 Å². The van der Waals surface area contributed by atoms with E-state index in [-0.39, 0.29) is 0 Å². The molecule has 0 aromatic heterocycles. The fraction of sp³-hybridized carbons (Fsp3) is 0.429. The van der Waals surface area contributed by atoms with Gasteiger partial charge in [0.05, 0.1) is 0 Å². The summed E-state index contributed by atoms with van der Waals surface area (Å²) in [6, 6.07) is 0. The molecule has 1 aliphatic carbocycles. The van der Waals surface area contributed by atoms with E-state index in [1.165, 1.54) is 6.08 Å². The minimum Gasteiger partial charge on any atom is -0.772 e. The van der Waals surface area contributed by atoms with Crippen LogP contribution in [0.4, 0.5) is 13.2 Å². The highest BCUT2D eigenvalue weighted by atomic mass is 32.2. The van der Waals surface area contributed by atoms with Crippen molar-refractivity contribution in [1.29, 1.82) is 0 Å². The molecule has 2 atom stereocenters. The zero-order chi connectivity index (χ0) is 10.1. The highest BCUT2D eigenvalue weighted by Crippen LogP contribution is 2.32. The summed E-state index contributed by atoms with van der Waals surface area (Å²) in [5, 5.41) is -1.05. The van der Waals surface area contributed by atoms with Gasteiger partial charge in [-0.25, -0.2) is 0 Å². The Bertz CT molecular complexity index is 280. The molecule has 2 nitrogen and oxygen atoms in total. The molecule has 0 saturated heterocycles. The van der Waals surface area contributed by atoms with E-state index < -0.39 is 34.5 Å². The average molecular weight is 211 g/mol. The molecule has 0 aliphatic heterocycles. The van der Waals surface area contributed by atoms with E-state index in [1.54, 1.807) is 0 Å². The van der Waals surface area contributed by atoms with Crippen LogP contribution in [0.5, 0.6) is 0 Å². The van der Waals surface area contributed by atoms with Crippen molar-refractivity contribution in [2.24, 2.45) is 0 Å². The molecule has 0 aromatic carbocycles.